The number of rotatable bonds is 4. The molecule has 4 N–H and O–H groups in total. The van der Waals surface area contributed by atoms with Crippen LogP contribution in [0.4, 0.5) is 10.2 Å². The second kappa shape index (κ2) is 5.99. The van der Waals surface area contributed by atoms with Crippen molar-refractivity contribution in [3.8, 4) is 0 Å². The lowest BCUT2D eigenvalue weighted by molar-refractivity contribution is 0.584. The molecule has 0 saturated heterocycles. The zero-order valence-electron chi connectivity index (χ0n) is 10.3. The van der Waals surface area contributed by atoms with Crippen molar-refractivity contribution in [2.75, 3.05) is 5.73 Å². The van der Waals surface area contributed by atoms with Crippen molar-refractivity contribution in [2.45, 2.75) is 18.9 Å². The molecule has 100 valence electrons. The van der Waals surface area contributed by atoms with Gasteiger partial charge in [-0.3, -0.25) is 0 Å². The second-order valence-electron chi connectivity index (χ2n) is 4.42. The summed E-state index contributed by atoms with van der Waals surface area (Å²) in [5.74, 6) is 0.125. The fourth-order valence-corrected chi connectivity index (χ4v) is 2.21. The average molecular weight is 280 g/mol. The number of nitrogens with zero attached hydrogens (tertiary/aromatic N) is 1. The van der Waals surface area contributed by atoms with E-state index in [1.54, 1.807) is 24.4 Å². The first-order chi connectivity index (χ1) is 9.08. The maximum atomic E-state index is 13.7. The molecule has 0 bridgehead atoms. The zero-order chi connectivity index (χ0) is 13.8. The van der Waals surface area contributed by atoms with Crippen LogP contribution in [0, 0.1) is 5.82 Å². The lowest BCUT2D eigenvalue weighted by Crippen LogP contribution is -2.26. The van der Waals surface area contributed by atoms with Gasteiger partial charge in [0.1, 0.15) is 11.6 Å². The topological polar surface area (TPSA) is 64.9 Å². The highest BCUT2D eigenvalue weighted by Crippen LogP contribution is 2.21. The Labute approximate surface area is 116 Å². The molecular weight excluding hydrogens is 265 g/mol. The molecule has 1 unspecified atom stereocenters. The highest BCUT2D eigenvalue weighted by molar-refractivity contribution is 6.31. The quantitative estimate of drug-likeness (QED) is 0.904. The van der Waals surface area contributed by atoms with Gasteiger partial charge in [0.15, 0.2) is 0 Å². The van der Waals surface area contributed by atoms with Crippen LogP contribution in [0.1, 0.15) is 11.1 Å². The van der Waals surface area contributed by atoms with Gasteiger partial charge in [-0.1, -0.05) is 23.7 Å². The smallest absolute Gasteiger partial charge is 0.127 e. The number of nitrogens with two attached hydrogens (primary N) is 2. The number of halogens is 2. The van der Waals surface area contributed by atoms with E-state index >= 15 is 0 Å². The molecule has 1 aromatic heterocycles. The van der Waals surface area contributed by atoms with E-state index in [-0.39, 0.29) is 11.9 Å². The summed E-state index contributed by atoms with van der Waals surface area (Å²) in [6, 6.07) is 8.02. The third kappa shape index (κ3) is 3.43. The van der Waals surface area contributed by atoms with Crippen molar-refractivity contribution in [3.63, 3.8) is 0 Å². The predicted molar refractivity (Wildman–Crippen MR) is 75.4 cm³/mol. The molecule has 2 rings (SSSR count). The van der Waals surface area contributed by atoms with Crippen LogP contribution in [0.2, 0.25) is 5.02 Å². The lowest BCUT2D eigenvalue weighted by Gasteiger charge is -2.14. The summed E-state index contributed by atoms with van der Waals surface area (Å²) in [7, 11) is 0. The normalized spacial score (nSPS) is 12.4. The van der Waals surface area contributed by atoms with Crippen LogP contribution in [-0.4, -0.2) is 11.0 Å². The Kier molecular flexibility index (Phi) is 4.35. The lowest BCUT2D eigenvalue weighted by atomic mass is 10.00. The van der Waals surface area contributed by atoms with Crippen molar-refractivity contribution in [1.29, 1.82) is 0 Å². The van der Waals surface area contributed by atoms with Crippen molar-refractivity contribution in [2.24, 2.45) is 5.73 Å². The number of pyridine rings is 1. The molecule has 0 fully saturated rings. The van der Waals surface area contributed by atoms with Crippen molar-refractivity contribution in [1.82, 2.24) is 4.98 Å². The Balaban J connectivity index is 2.10. The molecule has 1 heterocycles. The summed E-state index contributed by atoms with van der Waals surface area (Å²) in [5, 5.41) is 0.398. The molecule has 19 heavy (non-hydrogen) atoms. The molecule has 0 radical (unpaired) electrons. The Bertz CT molecular complexity index is 554. The molecule has 0 saturated carbocycles. The van der Waals surface area contributed by atoms with Crippen LogP contribution in [0.3, 0.4) is 0 Å². The molecule has 0 aliphatic heterocycles. The molecular formula is C14H15ClFN3. The van der Waals surface area contributed by atoms with Crippen LogP contribution in [-0.2, 0) is 12.8 Å². The summed E-state index contributed by atoms with van der Waals surface area (Å²) >= 11 is 5.98. The first-order valence-electron chi connectivity index (χ1n) is 5.95. The predicted octanol–water partition coefficient (Wildman–Crippen LogP) is 2.57. The minimum Gasteiger partial charge on any atom is -0.383 e. The second-order valence-corrected chi connectivity index (χ2v) is 4.82. The van der Waals surface area contributed by atoms with Gasteiger partial charge in [-0.15, -0.1) is 0 Å². The number of nitrogen functional groups attached to an aromatic ring is 1. The number of aromatic nitrogens is 1. The monoisotopic (exact) mass is 279 g/mol. The van der Waals surface area contributed by atoms with E-state index in [0.29, 0.717) is 29.2 Å². The number of anilines is 1. The van der Waals surface area contributed by atoms with Gasteiger partial charge in [0, 0.05) is 22.8 Å². The van der Waals surface area contributed by atoms with Gasteiger partial charge in [0.05, 0.1) is 0 Å². The van der Waals surface area contributed by atoms with Gasteiger partial charge < -0.3 is 11.5 Å². The van der Waals surface area contributed by atoms with E-state index in [2.05, 4.69) is 4.98 Å². The van der Waals surface area contributed by atoms with Crippen molar-refractivity contribution in [3.05, 3.63) is 58.5 Å². The fraction of sp³-hybridized carbons (Fsp3) is 0.214. The number of benzene rings is 1. The third-order valence-corrected chi connectivity index (χ3v) is 3.29. The van der Waals surface area contributed by atoms with E-state index in [1.165, 1.54) is 6.07 Å². The minimum absolute atomic E-state index is 0.263. The SMILES string of the molecule is Nc1ncccc1CC(N)Cc1c(F)cccc1Cl. The molecule has 0 aliphatic rings. The fourth-order valence-electron chi connectivity index (χ4n) is 1.97. The maximum Gasteiger partial charge on any atom is 0.127 e. The zero-order valence-corrected chi connectivity index (χ0v) is 11.1. The molecule has 5 heteroatoms. The van der Waals surface area contributed by atoms with E-state index in [9.17, 15) is 4.39 Å². The van der Waals surface area contributed by atoms with Gasteiger partial charge in [-0.2, -0.15) is 0 Å². The first kappa shape index (κ1) is 13.8. The number of hydrogen-bond donors (Lipinski definition) is 2. The Morgan fingerprint density at radius 2 is 2.00 bits per heavy atom. The molecule has 3 nitrogen and oxygen atoms in total. The van der Waals surface area contributed by atoms with Crippen LogP contribution in [0.5, 0.6) is 0 Å². The highest BCUT2D eigenvalue weighted by Gasteiger charge is 2.13. The van der Waals surface area contributed by atoms with E-state index in [0.717, 1.165) is 5.56 Å². The van der Waals surface area contributed by atoms with E-state index in [1.807, 2.05) is 6.07 Å². The Morgan fingerprint density at radius 3 is 2.68 bits per heavy atom. The van der Waals surface area contributed by atoms with Gasteiger partial charge in [0.2, 0.25) is 0 Å². The molecule has 0 spiro atoms. The summed E-state index contributed by atoms with van der Waals surface area (Å²) < 4.78 is 13.7. The van der Waals surface area contributed by atoms with Crippen LogP contribution < -0.4 is 11.5 Å². The molecule has 0 aliphatic carbocycles. The van der Waals surface area contributed by atoms with Gasteiger partial charge in [-0.05, 0) is 36.6 Å². The average Bonchev–Trinajstić information content (AvgIpc) is 2.37. The molecule has 1 aromatic carbocycles. The summed E-state index contributed by atoms with van der Waals surface area (Å²) in [5.41, 5.74) is 13.1. The van der Waals surface area contributed by atoms with Gasteiger partial charge >= 0.3 is 0 Å². The van der Waals surface area contributed by atoms with Crippen LogP contribution in [0.15, 0.2) is 36.5 Å². The maximum absolute atomic E-state index is 13.7. The largest absolute Gasteiger partial charge is 0.383 e. The van der Waals surface area contributed by atoms with E-state index < -0.39 is 0 Å². The van der Waals surface area contributed by atoms with E-state index in [4.69, 9.17) is 23.1 Å². The van der Waals surface area contributed by atoms with Crippen LogP contribution in [0.25, 0.3) is 0 Å². The van der Waals surface area contributed by atoms with Gasteiger partial charge in [-0.25, -0.2) is 9.37 Å². The standard InChI is InChI=1S/C14H15ClFN3/c15-12-4-1-5-13(16)11(12)8-10(17)7-9-3-2-6-19-14(9)18/h1-6,10H,7-8,17H2,(H2,18,19). The summed E-state index contributed by atoms with van der Waals surface area (Å²) in [4.78, 5) is 4.00. The molecule has 0 amide bonds. The van der Waals surface area contributed by atoms with Crippen molar-refractivity contribution >= 4 is 17.4 Å². The summed E-state index contributed by atoms with van der Waals surface area (Å²) in [6.07, 6.45) is 2.52. The first-order valence-corrected chi connectivity index (χ1v) is 6.33. The Morgan fingerprint density at radius 1 is 1.21 bits per heavy atom. The molecule has 2 aromatic rings. The molecule has 1 atom stereocenters. The third-order valence-electron chi connectivity index (χ3n) is 2.94. The minimum atomic E-state index is -0.331. The number of hydrogen-bond acceptors (Lipinski definition) is 3. The van der Waals surface area contributed by atoms with Crippen molar-refractivity contribution < 1.29 is 4.39 Å². The highest BCUT2D eigenvalue weighted by atomic mass is 35.5. The van der Waals surface area contributed by atoms with Crippen LogP contribution >= 0.6 is 11.6 Å². The summed E-state index contributed by atoms with van der Waals surface area (Å²) in [6.45, 7) is 0. The van der Waals surface area contributed by atoms with Gasteiger partial charge in [0.25, 0.3) is 0 Å². The Hall–Kier alpha value is -1.65.